The average molecular weight is 366 g/mol. The number of hydrogen-bond acceptors (Lipinski definition) is 6. The van der Waals surface area contributed by atoms with Gasteiger partial charge >= 0.3 is 0 Å². The molecule has 128 valence electrons. The molecule has 8 heteroatoms. The van der Waals surface area contributed by atoms with Crippen LogP contribution < -0.4 is 9.46 Å². The first-order chi connectivity index (χ1) is 11.5. The Labute approximate surface area is 144 Å². The van der Waals surface area contributed by atoms with E-state index in [-0.39, 0.29) is 16.5 Å². The van der Waals surface area contributed by atoms with Gasteiger partial charge in [0.2, 0.25) is 10.0 Å². The zero-order valence-electron chi connectivity index (χ0n) is 13.2. The zero-order chi connectivity index (χ0) is 17.2. The maximum absolute atomic E-state index is 12.2. The third-order valence-electron chi connectivity index (χ3n) is 3.99. The van der Waals surface area contributed by atoms with E-state index >= 15 is 0 Å². The molecule has 0 aliphatic heterocycles. The molecular weight excluding hydrogens is 348 g/mol. The van der Waals surface area contributed by atoms with Gasteiger partial charge in [-0.1, -0.05) is 6.42 Å². The van der Waals surface area contributed by atoms with Gasteiger partial charge in [-0.25, -0.2) is 18.1 Å². The second-order valence-electron chi connectivity index (χ2n) is 5.77. The van der Waals surface area contributed by atoms with E-state index in [1.807, 2.05) is 12.1 Å². The van der Waals surface area contributed by atoms with Crippen LogP contribution in [0.15, 0.2) is 30.5 Å². The maximum atomic E-state index is 12.2. The van der Waals surface area contributed by atoms with Crippen LogP contribution in [0.1, 0.15) is 28.9 Å². The summed E-state index contributed by atoms with van der Waals surface area (Å²) in [5, 5.41) is 0.652. The van der Waals surface area contributed by atoms with Gasteiger partial charge in [-0.15, -0.1) is 11.3 Å². The van der Waals surface area contributed by atoms with E-state index in [0.29, 0.717) is 5.01 Å². The quantitative estimate of drug-likeness (QED) is 0.849. The van der Waals surface area contributed by atoms with Crippen molar-refractivity contribution in [3.05, 3.63) is 35.3 Å². The summed E-state index contributed by atoms with van der Waals surface area (Å²) in [6.45, 7) is 0. The van der Waals surface area contributed by atoms with Gasteiger partial charge in [0.1, 0.15) is 15.6 Å². The molecule has 6 nitrogen and oxygen atoms in total. The molecule has 24 heavy (non-hydrogen) atoms. The summed E-state index contributed by atoms with van der Waals surface area (Å²) in [6, 6.07) is 7.29. The van der Waals surface area contributed by atoms with Gasteiger partial charge in [0.05, 0.1) is 19.1 Å². The second-order valence-corrected chi connectivity index (χ2v) is 8.57. The Bertz CT molecular complexity index is 824. The van der Waals surface area contributed by atoms with E-state index < -0.39 is 15.9 Å². The molecule has 1 amide bonds. The Morgan fingerprint density at radius 1 is 1.33 bits per heavy atom. The second kappa shape index (κ2) is 6.90. The first kappa shape index (κ1) is 16.9. The molecule has 0 spiro atoms. The molecule has 0 saturated heterocycles. The highest BCUT2D eigenvalue weighted by Gasteiger charge is 2.26. The third kappa shape index (κ3) is 3.93. The number of methoxy groups -OCH3 is 1. The van der Waals surface area contributed by atoms with Gasteiger partial charge in [-0.2, -0.15) is 0 Å². The van der Waals surface area contributed by atoms with Crippen molar-refractivity contribution in [2.75, 3.05) is 12.9 Å². The first-order valence-electron chi connectivity index (χ1n) is 7.62. The van der Waals surface area contributed by atoms with Crippen molar-refractivity contribution in [2.24, 2.45) is 5.92 Å². The molecule has 0 bridgehead atoms. The number of sulfonamides is 1. The number of carbonyl (C=O) groups excluding carboxylic acids is 1. The number of thiazole rings is 1. The molecule has 1 N–H and O–H groups in total. The summed E-state index contributed by atoms with van der Waals surface area (Å²) in [5.74, 6) is 0.302. The van der Waals surface area contributed by atoms with Crippen LogP contribution in [0.5, 0.6) is 5.75 Å². The molecule has 1 heterocycles. The summed E-state index contributed by atoms with van der Waals surface area (Å²) in [6.07, 6.45) is 4.29. The average Bonchev–Trinajstić information content (AvgIpc) is 3.01. The number of nitrogens with one attached hydrogen (secondary N) is 1. The van der Waals surface area contributed by atoms with Gasteiger partial charge in [-0.3, -0.25) is 4.79 Å². The minimum Gasteiger partial charge on any atom is -0.497 e. The molecule has 1 aliphatic carbocycles. The Kier molecular flexibility index (Phi) is 4.86. The fraction of sp³-hybridized carbons (Fsp3) is 0.375. The van der Waals surface area contributed by atoms with Gasteiger partial charge in [-0.05, 0) is 43.0 Å². The summed E-state index contributed by atoms with van der Waals surface area (Å²) < 4.78 is 31.2. The van der Waals surface area contributed by atoms with Crippen molar-refractivity contribution in [1.29, 1.82) is 0 Å². The minimum absolute atomic E-state index is 0.0167. The van der Waals surface area contributed by atoms with Crippen LogP contribution in [0.25, 0.3) is 10.6 Å². The molecule has 0 atom stereocenters. The number of aromatic nitrogens is 1. The van der Waals surface area contributed by atoms with Gasteiger partial charge < -0.3 is 4.74 Å². The summed E-state index contributed by atoms with van der Waals surface area (Å²) in [7, 11) is -2.00. The Hall–Kier alpha value is -1.93. The lowest BCUT2D eigenvalue weighted by molar-refractivity contribution is 0.0985. The van der Waals surface area contributed by atoms with Crippen LogP contribution in [-0.4, -0.2) is 32.2 Å². The fourth-order valence-electron chi connectivity index (χ4n) is 2.45. The number of benzene rings is 1. The molecule has 0 radical (unpaired) electrons. The third-order valence-corrected chi connectivity index (χ3v) is 6.45. The van der Waals surface area contributed by atoms with Crippen LogP contribution in [0.2, 0.25) is 0 Å². The van der Waals surface area contributed by atoms with E-state index in [2.05, 4.69) is 9.71 Å². The molecule has 2 aromatic rings. The van der Waals surface area contributed by atoms with Crippen molar-refractivity contribution in [3.8, 4) is 16.3 Å². The molecular formula is C16H18N2O4S2. The standard InChI is InChI=1S/C16H18N2O4S2/c1-22-13-7-5-12(6-8-13)16-17-9-14(23-16)15(19)18-24(20,21)10-11-3-2-4-11/h5-9,11H,2-4,10H2,1H3,(H,18,19). The van der Waals surface area contributed by atoms with Crippen LogP contribution in [0.3, 0.4) is 0 Å². The monoisotopic (exact) mass is 366 g/mol. The van der Waals surface area contributed by atoms with Crippen molar-refractivity contribution in [1.82, 2.24) is 9.71 Å². The molecule has 1 aromatic carbocycles. The predicted octanol–water partition coefficient (Wildman–Crippen LogP) is 2.68. The van der Waals surface area contributed by atoms with E-state index in [0.717, 1.165) is 41.9 Å². The molecule has 3 rings (SSSR count). The molecule has 1 aromatic heterocycles. The molecule has 1 saturated carbocycles. The fourth-order valence-corrected chi connectivity index (χ4v) is 4.76. The van der Waals surface area contributed by atoms with Crippen molar-refractivity contribution in [2.45, 2.75) is 19.3 Å². The van der Waals surface area contributed by atoms with E-state index in [1.165, 1.54) is 6.20 Å². The minimum atomic E-state index is -3.59. The summed E-state index contributed by atoms with van der Waals surface area (Å²) in [5.41, 5.74) is 0.845. The Morgan fingerprint density at radius 3 is 2.62 bits per heavy atom. The highest BCUT2D eigenvalue weighted by molar-refractivity contribution is 7.90. The maximum Gasteiger partial charge on any atom is 0.276 e. The first-order valence-corrected chi connectivity index (χ1v) is 10.1. The highest BCUT2D eigenvalue weighted by Crippen LogP contribution is 2.28. The van der Waals surface area contributed by atoms with Crippen LogP contribution in [0, 0.1) is 5.92 Å². The number of rotatable bonds is 6. The highest BCUT2D eigenvalue weighted by atomic mass is 32.2. The van der Waals surface area contributed by atoms with Crippen molar-refractivity contribution < 1.29 is 17.9 Å². The van der Waals surface area contributed by atoms with Crippen LogP contribution in [-0.2, 0) is 10.0 Å². The molecule has 1 fully saturated rings. The molecule has 1 aliphatic rings. The lowest BCUT2D eigenvalue weighted by atomic mass is 9.87. The van der Waals surface area contributed by atoms with Crippen LogP contribution in [0.4, 0.5) is 0 Å². The number of amides is 1. The Balaban J connectivity index is 1.68. The van der Waals surface area contributed by atoms with E-state index in [4.69, 9.17) is 4.74 Å². The number of hydrogen-bond donors (Lipinski definition) is 1. The van der Waals surface area contributed by atoms with Crippen molar-refractivity contribution >= 4 is 27.3 Å². The van der Waals surface area contributed by atoms with E-state index in [9.17, 15) is 13.2 Å². The largest absolute Gasteiger partial charge is 0.497 e. The topological polar surface area (TPSA) is 85.4 Å². The summed E-state index contributed by atoms with van der Waals surface area (Å²) >= 11 is 1.16. The number of nitrogens with zero attached hydrogens (tertiary/aromatic N) is 1. The lowest BCUT2D eigenvalue weighted by Crippen LogP contribution is -2.36. The lowest BCUT2D eigenvalue weighted by Gasteiger charge is -2.24. The van der Waals surface area contributed by atoms with E-state index in [1.54, 1.807) is 19.2 Å². The molecule has 0 unspecified atom stereocenters. The van der Waals surface area contributed by atoms with Gasteiger partial charge in [0, 0.05) is 5.56 Å². The van der Waals surface area contributed by atoms with Gasteiger partial charge in [0.15, 0.2) is 0 Å². The Morgan fingerprint density at radius 2 is 2.04 bits per heavy atom. The van der Waals surface area contributed by atoms with Crippen LogP contribution >= 0.6 is 11.3 Å². The predicted molar refractivity (Wildman–Crippen MR) is 92.7 cm³/mol. The zero-order valence-corrected chi connectivity index (χ0v) is 14.8. The number of ether oxygens (including phenoxy) is 1. The summed E-state index contributed by atoms with van der Waals surface area (Å²) in [4.78, 5) is 16.6. The smallest absolute Gasteiger partial charge is 0.276 e. The van der Waals surface area contributed by atoms with Gasteiger partial charge in [0.25, 0.3) is 5.91 Å². The number of carbonyl (C=O) groups is 1. The van der Waals surface area contributed by atoms with Crippen molar-refractivity contribution in [3.63, 3.8) is 0 Å². The SMILES string of the molecule is COc1ccc(-c2ncc(C(=O)NS(=O)(=O)CC3CCC3)s2)cc1. The normalized spacial score (nSPS) is 14.9.